The molecule has 37 heavy (non-hydrogen) atoms. The van der Waals surface area contributed by atoms with E-state index in [1.165, 1.54) is 14.2 Å². The molecule has 5 rings (SSSR count). The third kappa shape index (κ3) is 4.95. The second-order valence-corrected chi connectivity index (χ2v) is 9.08. The van der Waals surface area contributed by atoms with Crippen LogP contribution in [0.25, 0.3) is 11.3 Å². The number of hydrogen-bond acceptors (Lipinski definition) is 6. The molecule has 0 unspecified atom stereocenters. The lowest BCUT2D eigenvalue weighted by Gasteiger charge is -2.33. The number of nitrogens with one attached hydrogen (secondary N) is 2. The lowest BCUT2D eigenvalue weighted by Crippen LogP contribution is -2.46. The van der Waals surface area contributed by atoms with E-state index in [1.54, 1.807) is 53.4 Å². The molecule has 11 heteroatoms. The number of carbonyl (C=O) groups excluding carboxylic acids is 1. The van der Waals surface area contributed by atoms with Gasteiger partial charge in [-0.1, -0.05) is 18.2 Å². The molecule has 3 heterocycles. The van der Waals surface area contributed by atoms with E-state index in [4.69, 9.17) is 9.47 Å². The zero-order valence-corrected chi connectivity index (χ0v) is 20.5. The topological polar surface area (TPSA) is 80.7 Å². The van der Waals surface area contributed by atoms with Crippen LogP contribution in [0.1, 0.15) is 34.4 Å². The second-order valence-electron chi connectivity index (χ2n) is 9.08. The molecule has 3 aromatic rings. The van der Waals surface area contributed by atoms with E-state index in [1.807, 2.05) is 0 Å². The van der Waals surface area contributed by atoms with Crippen molar-refractivity contribution in [2.24, 2.45) is 0 Å². The van der Waals surface area contributed by atoms with Crippen molar-refractivity contribution in [2.75, 3.05) is 45.7 Å². The first-order valence-corrected chi connectivity index (χ1v) is 12.0. The van der Waals surface area contributed by atoms with Gasteiger partial charge in [-0.3, -0.25) is 4.79 Å². The summed E-state index contributed by atoms with van der Waals surface area (Å²) in [5.41, 5.74) is 2.21. The van der Waals surface area contributed by atoms with Gasteiger partial charge < -0.3 is 25.0 Å². The van der Waals surface area contributed by atoms with Crippen LogP contribution in [0.2, 0.25) is 0 Å². The number of aromatic nitrogens is 2. The number of nitrogens with zero attached hydrogens (tertiary/aromatic N) is 3. The van der Waals surface area contributed by atoms with Gasteiger partial charge in [0.05, 0.1) is 26.0 Å². The molecule has 0 saturated carbocycles. The second kappa shape index (κ2) is 9.97. The number of ether oxygens (including phenoxy) is 2. The summed E-state index contributed by atoms with van der Waals surface area (Å²) in [4.78, 5) is 14.5. The molecule has 0 aliphatic carbocycles. The Morgan fingerprint density at radius 2 is 1.70 bits per heavy atom. The molecule has 2 N–H and O–H groups in total. The van der Waals surface area contributed by atoms with Crippen molar-refractivity contribution in [3.63, 3.8) is 0 Å². The molecule has 196 valence electrons. The van der Waals surface area contributed by atoms with E-state index in [0.717, 1.165) is 17.8 Å². The third-order valence-corrected chi connectivity index (χ3v) is 6.83. The van der Waals surface area contributed by atoms with Gasteiger partial charge in [-0.25, -0.2) is 4.68 Å². The largest absolute Gasteiger partial charge is 0.493 e. The van der Waals surface area contributed by atoms with Gasteiger partial charge in [0.15, 0.2) is 17.5 Å². The Bertz CT molecular complexity index is 1270. The molecule has 8 nitrogen and oxygen atoms in total. The van der Waals surface area contributed by atoms with Gasteiger partial charge in [-0.15, -0.1) is 0 Å². The summed E-state index contributed by atoms with van der Waals surface area (Å²) < 4.78 is 54.0. The molecular weight excluding hydrogens is 487 g/mol. The fourth-order valence-corrected chi connectivity index (χ4v) is 4.84. The zero-order valence-electron chi connectivity index (χ0n) is 20.5. The summed E-state index contributed by atoms with van der Waals surface area (Å²) in [6.45, 7) is 2.78. The van der Waals surface area contributed by atoms with E-state index in [9.17, 15) is 18.0 Å². The number of amides is 1. The van der Waals surface area contributed by atoms with Crippen LogP contribution >= 0.6 is 0 Å². The quantitative estimate of drug-likeness (QED) is 0.528. The molecule has 1 fully saturated rings. The third-order valence-electron chi connectivity index (χ3n) is 6.83. The summed E-state index contributed by atoms with van der Waals surface area (Å²) in [5, 5.41) is 10.7. The number of benzene rings is 2. The van der Waals surface area contributed by atoms with Crippen molar-refractivity contribution >= 4 is 11.7 Å². The summed E-state index contributed by atoms with van der Waals surface area (Å²) in [5.74, 6) is 1.15. The van der Waals surface area contributed by atoms with E-state index < -0.39 is 18.3 Å². The smallest absolute Gasteiger partial charge is 0.410 e. The van der Waals surface area contributed by atoms with Gasteiger partial charge in [-0.2, -0.15) is 18.3 Å². The van der Waals surface area contributed by atoms with Crippen molar-refractivity contribution in [1.29, 1.82) is 0 Å². The summed E-state index contributed by atoms with van der Waals surface area (Å²) in [6, 6.07) is 11.1. The highest BCUT2D eigenvalue weighted by Crippen LogP contribution is 2.45. The van der Waals surface area contributed by atoms with E-state index in [0.29, 0.717) is 47.0 Å². The van der Waals surface area contributed by atoms with Crippen LogP contribution in [0.5, 0.6) is 11.5 Å². The molecule has 0 radical (unpaired) electrons. The van der Waals surface area contributed by atoms with Crippen LogP contribution in [-0.2, 0) is 0 Å². The average molecular weight is 516 g/mol. The molecule has 2 aliphatic rings. The van der Waals surface area contributed by atoms with Crippen LogP contribution < -0.4 is 20.1 Å². The van der Waals surface area contributed by atoms with Crippen LogP contribution in [0, 0.1) is 0 Å². The minimum Gasteiger partial charge on any atom is -0.493 e. The number of halogens is 3. The number of rotatable bonds is 5. The van der Waals surface area contributed by atoms with Gasteiger partial charge in [0.25, 0.3) is 5.91 Å². The average Bonchev–Trinajstić information content (AvgIpc) is 3.36. The van der Waals surface area contributed by atoms with Crippen molar-refractivity contribution in [2.45, 2.75) is 24.7 Å². The number of hydrogen-bond donors (Lipinski definition) is 2. The Morgan fingerprint density at radius 1 is 1.00 bits per heavy atom. The molecule has 2 aromatic carbocycles. The summed E-state index contributed by atoms with van der Waals surface area (Å²) in [7, 11) is 2.99. The Labute approximate surface area is 212 Å². The first kappa shape index (κ1) is 24.9. The first-order chi connectivity index (χ1) is 17.8. The van der Waals surface area contributed by atoms with Crippen molar-refractivity contribution in [1.82, 2.24) is 20.0 Å². The van der Waals surface area contributed by atoms with Gasteiger partial charge in [0, 0.05) is 49.8 Å². The maximum atomic E-state index is 14.1. The van der Waals surface area contributed by atoms with Crippen LogP contribution in [0.3, 0.4) is 0 Å². The predicted molar refractivity (Wildman–Crippen MR) is 132 cm³/mol. The lowest BCUT2D eigenvalue weighted by molar-refractivity contribution is -0.173. The minimum atomic E-state index is -4.49. The van der Waals surface area contributed by atoms with Crippen molar-refractivity contribution in [3.8, 4) is 22.8 Å². The Balaban J connectivity index is 1.42. The summed E-state index contributed by atoms with van der Waals surface area (Å²) >= 11 is 0. The normalized spacial score (nSPS) is 19.6. The number of methoxy groups -OCH3 is 2. The van der Waals surface area contributed by atoms with Gasteiger partial charge in [0.2, 0.25) is 0 Å². The Kier molecular flexibility index (Phi) is 6.72. The number of alkyl halides is 3. The van der Waals surface area contributed by atoms with Crippen LogP contribution in [0.4, 0.5) is 19.0 Å². The SMILES string of the molecule is COc1ccc([C@H]2C[C@@H](C(F)(F)F)n3nc(-c4ccc(C(=O)N5CCNCC5)cc4)cc3N2)cc1OC. The monoisotopic (exact) mass is 515 g/mol. The summed E-state index contributed by atoms with van der Waals surface area (Å²) in [6.07, 6.45) is -4.72. The van der Waals surface area contributed by atoms with Gasteiger partial charge in [-0.05, 0) is 29.8 Å². The molecule has 1 amide bonds. The fourth-order valence-electron chi connectivity index (χ4n) is 4.84. The van der Waals surface area contributed by atoms with Crippen molar-refractivity contribution in [3.05, 3.63) is 59.7 Å². The molecule has 1 saturated heterocycles. The standard InChI is InChI=1S/C26H28F3N5O3/c1-36-21-8-7-18(13-22(21)37-2)19-14-23(26(27,28)29)34-24(31-19)15-20(32-34)16-3-5-17(6-4-16)25(35)33-11-9-30-10-12-33/h3-8,13,15,19,23,30-31H,9-12,14H2,1-2H3/t19-,23+/m1/s1. The Morgan fingerprint density at radius 3 is 2.35 bits per heavy atom. The highest BCUT2D eigenvalue weighted by atomic mass is 19.4. The highest BCUT2D eigenvalue weighted by Gasteiger charge is 2.46. The van der Waals surface area contributed by atoms with Crippen LogP contribution in [0.15, 0.2) is 48.5 Å². The number of fused-ring (bicyclic) bond motifs is 1. The number of anilines is 1. The molecule has 2 atom stereocenters. The minimum absolute atomic E-state index is 0.0613. The Hall–Kier alpha value is -3.73. The number of piperazine rings is 1. The van der Waals surface area contributed by atoms with Crippen molar-refractivity contribution < 1.29 is 27.4 Å². The molecule has 1 aromatic heterocycles. The van der Waals surface area contributed by atoms with E-state index in [2.05, 4.69) is 15.7 Å². The molecule has 0 bridgehead atoms. The lowest BCUT2D eigenvalue weighted by atomic mass is 9.96. The fraction of sp³-hybridized carbons (Fsp3) is 0.385. The van der Waals surface area contributed by atoms with Crippen LogP contribution in [-0.4, -0.2) is 67.2 Å². The van der Waals surface area contributed by atoms with E-state index >= 15 is 0 Å². The molecule has 2 aliphatic heterocycles. The van der Waals surface area contributed by atoms with E-state index in [-0.39, 0.29) is 18.1 Å². The predicted octanol–water partition coefficient (Wildman–Crippen LogP) is 4.27. The van der Waals surface area contributed by atoms with Gasteiger partial charge >= 0.3 is 6.18 Å². The molecule has 0 spiro atoms. The highest BCUT2D eigenvalue weighted by molar-refractivity contribution is 5.94. The zero-order chi connectivity index (χ0) is 26.2. The molecular formula is C26H28F3N5O3. The van der Waals surface area contributed by atoms with Gasteiger partial charge in [0.1, 0.15) is 5.82 Å². The number of carbonyl (C=O) groups is 1. The maximum absolute atomic E-state index is 14.1. The first-order valence-electron chi connectivity index (χ1n) is 12.0. The maximum Gasteiger partial charge on any atom is 0.410 e.